The van der Waals surface area contributed by atoms with Crippen LogP contribution in [0.4, 0.5) is 5.69 Å². The summed E-state index contributed by atoms with van der Waals surface area (Å²) in [5, 5.41) is 19.8. The molecule has 1 aromatic carbocycles. The molecule has 0 aliphatic carbocycles. The third-order valence-electron chi connectivity index (χ3n) is 3.44. The minimum atomic E-state index is -1.02. The number of rotatable bonds is 3. The minimum absolute atomic E-state index is 0.0576. The number of nitro groups is 1. The molecule has 20 heavy (non-hydrogen) atoms. The van der Waals surface area contributed by atoms with Crippen LogP contribution in [0.2, 0.25) is 0 Å². The number of carbonyl (C=O) groups excluding carboxylic acids is 1. The number of likely N-dealkylation sites (tertiary alicyclic amines) is 1. The van der Waals surface area contributed by atoms with Crippen LogP contribution >= 0.6 is 0 Å². The first-order valence-electron chi connectivity index (χ1n) is 6.20. The third kappa shape index (κ3) is 2.47. The zero-order chi connectivity index (χ0) is 14.9. The predicted octanol–water partition coefficient (Wildman–Crippen LogP) is 1.59. The number of carboxylic acids is 1. The maximum Gasteiger partial charge on any atom is 0.326 e. The summed E-state index contributed by atoms with van der Waals surface area (Å²) >= 11 is 0. The maximum absolute atomic E-state index is 12.3. The molecule has 1 aromatic rings. The molecule has 2 rings (SSSR count). The van der Waals surface area contributed by atoms with Crippen molar-refractivity contribution in [3.05, 3.63) is 39.4 Å². The molecule has 0 unspecified atom stereocenters. The largest absolute Gasteiger partial charge is 0.480 e. The third-order valence-corrected chi connectivity index (χ3v) is 3.44. The number of benzene rings is 1. The standard InChI is InChI=1S/C13H14N2O5/c1-8-7-9(4-5-10(8)15(19)20)12(16)14-6-2-3-11(14)13(17)18/h4-5,7,11H,2-3,6H2,1H3,(H,17,18)/t11-/m0/s1. The Morgan fingerprint density at radius 3 is 2.70 bits per heavy atom. The van der Waals surface area contributed by atoms with Crippen LogP contribution in [0.25, 0.3) is 0 Å². The van der Waals surface area contributed by atoms with Crippen molar-refractivity contribution in [3.8, 4) is 0 Å². The molecule has 0 radical (unpaired) electrons. The van der Waals surface area contributed by atoms with E-state index < -0.39 is 22.8 Å². The van der Waals surface area contributed by atoms with Gasteiger partial charge >= 0.3 is 5.97 Å². The van der Waals surface area contributed by atoms with Crippen molar-refractivity contribution in [2.45, 2.75) is 25.8 Å². The number of aliphatic carboxylic acids is 1. The molecular formula is C13H14N2O5. The van der Waals surface area contributed by atoms with Gasteiger partial charge in [0.25, 0.3) is 11.6 Å². The SMILES string of the molecule is Cc1cc(C(=O)N2CCC[C@H]2C(=O)O)ccc1[N+](=O)[O-]. The molecule has 1 N–H and O–H groups in total. The lowest BCUT2D eigenvalue weighted by Gasteiger charge is -2.21. The van der Waals surface area contributed by atoms with E-state index in [0.29, 0.717) is 24.9 Å². The highest BCUT2D eigenvalue weighted by Gasteiger charge is 2.34. The zero-order valence-corrected chi connectivity index (χ0v) is 10.9. The average Bonchev–Trinajstić information content (AvgIpc) is 2.86. The van der Waals surface area contributed by atoms with E-state index in [-0.39, 0.29) is 11.3 Å². The first-order chi connectivity index (χ1) is 9.41. The van der Waals surface area contributed by atoms with E-state index in [1.807, 2.05) is 0 Å². The molecule has 1 aliphatic rings. The molecule has 0 aromatic heterocycles. The molecule has 1 saturated heterocycles. The molecule has 7 nitrogen and oxygen atoms in total. The minimum Gasteiger partial charge on any atom is -0.480 e. The van der Waals surface area contributed by atoms with E-state index >= 15 is 0 Å². The number of nitrogens with zero attached hydrogens (tertiary/aromatic N) is 2. The molecule has 1 amide bonds. The summed E-state index contributed by atoms with van der Waals surface area (Å²) in [6.45, 7) is 1.94. The van der Waals surface area contributed by atoms with Crippen LogP contribution in [0.15, 0.2) is 18.2 Å². The van der Waals surface area contributed by atoms with Gasteiger partial charge in [-0.15, -0.1) is 0 Å². The van der Waals surface area contributed by atoms with Gasteiger partial charge in [0.2, 0.25) is 0 Å². The second-order valence-corrected chi connectivity index (χ2v) is 4.75. The summed E-state index contributed by atoms with van der Waals surface area (Å²) in [5.74, 6) is -1.41. The number of hydrogen-bond acceptors (Lipinski definition) is 4. The monoisotopic (exact) mass is 278 g/mol. The van der Waals surface area contributed by atoms with Crippen molar-refractivity contribution < 1.29 is 19.6 Å². The number of aryl methyl sites for hydroxylation is 1. The van der Waals surface area contributed by atoms with Gasteiger partial charge in [-0.3, -0.25) is 14.9 Å². The van der Waals surface area contributed by atoms with Crippen LogP contribution in [-0.2, 0) is 4.79 Å². The average molecular weight is 278 g/mol. The highest BCUT2D eigenvalue weighted by atomic mass is 16.6. The van der Waals surface area contributed by atoms with Crippen LogP contribution in [0.3, 0.4) is 0 Å². The van der Waals surface area contributed by atoms with E-state index in [2.05, 4.69) is 0 Å². The first-order valence-corrected chi connectivity index (χ1v) is 6.20. The Bertz CT molecular complexity index is 584. The van der Waals surface area contributed by atoms with Crippen LogP contribution in [0, 0.1) is 17.0 Å². The van der Waals surface area contributed by atoms with Gasteiger partial charge < -0.3 is 10.0 Å². The second-order valence-electron chi connectivity index (χ2n) is 4.75. The van der Waals surface area contributed by atoms with Gasteiger partial charge in [0.05, 0.1) is 4.92 Å². The highest BCUT2D eigenvalue weighted by Crippen LogP contribution is 2.23. The predicted molar refractivity (Wildman–Crippen MR) is 69.5 cm³/mol. The Hall–Kier alpha value is -2.44. The van der Waals surface area contributed by atoms with Crippen molar-refractivity contribution >= 4 is 17.6 Å². The van der Waals surface area contributed by atoms with Gasteiger partial charge in [0.15, 0.2) is 0 Å². The molecule has 1 heterocycles. The number of carboxylic acid groups (broad SMARTS) is 1. The molecule has 0 bridgehead atoms. The van der Waals surface area contributed by atoms with Crippen molar-refractivity contribution in [3.63, 3.8) is 0 Å². The maximum atomic E-state index is 12.3. The summed E-state index contributed by atoms with van der Waals surface area (Å²) in [6.07, 6.45) is 1.09. The summed E-state index contributed by atoms with van der Waals surface area (Å²) in [6, 6.07) is 3.26. The van der Waals surface area contributed by atoms with Gasteiger partial charge in [-0.05, 0) is 31.9 Å². The van der Waals surface area contributed by atoms with Gasteiger partial charge in [-0.25, -0.2) is 4.79 Å². The second kappa shape index (κ2) is 5.28. The lowest BCUT2D eigenvalue weighted by molar-refractivity contribution is -0.385. The molecule has 7 heteroatoms. The van der Waals surface area contributed by atoms with E-state index in [9.17, 15) is 19.7 Å². The Labute approximate surface area is 115 Å². The van der Waals surface area contributed by atoms with Crippen molar-refractivity contribution in [1.29, 1.82) is 0 Å². The number of hydrogen-bond donors (Lipinski definition) is 1. The van der Waals surface area contributed by atoms with E-state index in [0.717, 1.165) is 0 Å². The van der Waals surface area contributed by atoms with Gasteiger partial charge in [-0.2, -0.15) is 0 Å². The Morgan fingerprint density at radius 2 is 2.15 bits per heavy atom. The van der Waals surface area contributed by atoms with Crippen molar-refractivity contribution in [1.82, 2.24) is 4.90 Å². The molecule has 0 saturated carbocycles. The number of nitro benzene ring substituents is 1. The molecule has 0 spiro atoms. The summed E-state index contributed by atoms with van der Waals surface area (Å²) in [5.41, 5.74) is 0.603. The smallest absolute Gasteiger partial charge is 0.326 e. The van der Waals surface area contributed by atoms with Crippen LogP contribution in [0.1, 0.15) is 28.8 Å². The van der Waals surface area contributed by atoms with Crippen LogP contribution in [0.5, 0.6) is 0 Å². The number of carbonyl (C=O) groups is 2. The lowest BCUT2D eigenvalue weighted by atomic mass is 10.1. The molecule has 1 atom stereocenters. The summed E-state index contributed by atoms with van der Waals surface area (Å²) in [4.78, 5) is 34.9. The zero-order valence-electron chi connectivity index (χ0n) is 10.9. The molecular weight excluding hydrogens is 264 g/mol. The quantitative estimate of drug-likeness (QED) is 0.668. The van der Waals surface area contributed by atoms with E-state index in [1.165, 1.54) is 23.1 Å². The van der Waals surface area contributed by atoms with Crippen LogP contribution in [-0.4, -0.2) is 39.4 Å². The van der Waals surface area contributed by atoms with Gasteiger partial charge in [-0.1, -0.05) is 0 Å². The van der Waals surface area contributed by atoms with E-state index in [4.69, 9.17) is 5.11 Å². The lowest BCUT2D eigenvalue weighted by Crippen LogP contribution is -2.40. The van der Waals surface area contributed by atoms with Gasteiger partial charge in [0.1, 0.15) is 6.04 Å². The Morgan fingerprint density at radius 1 is 1.45 bits per heavy atom. The fraction of sp³-hybridized carbons (Fsp3) is 0.385. The van der Waals surface area contributed by atoms with Gasteiger partial charge in [0, 0.05) is 23.7 Å². The Kier molecular flexibility index (Phi) is 3.69. The Balaban J connectivity index is 2.27. The molecule has 1 fully saturated rings. The summed E-state index contributed by atoms with van der Waals surface area (Å²) in [7, 11) is 0. The fourth-order valence-electron chi connectivity index (χ4n) is 2.43. The van der Waals surface area contributed by atoms with Crippen LogP contribution < -0.4 is 0 Å². The highest BCUT2D eigenvalue weighted by molar-refractivity contribution is 5.97. The number of amides is 1. The molecule has 1 aliphatic heterocycles. The summed E-state index contributed by atoms with van der Waals surface area (Å²) < 4.78 is 0. The normalized spacial score (nSPS) is 18.1. The first kappa shape index (κ1) is 14.0. The topological polar surface area (TPSA) is 101 Å². The molecule has 106 valence electrons. The van der Waals surface area contributed by atoms with E-state index in [1.54, 1.807) is 6.92 Å². The fourth-order valence-corrected chi connectivity index (χ4v) is 2.43. The van der Waals surface area contributed by atoms with Crippen molar-refractivity contribution in [2.75, 3.05) is 6.54 Å². The van der Waals surface area contributed by atoms with Crippen molar-refractivity contribution in [2.24, 2.45) is 0 Å².